The van der Waals surface area contributed by atoms with Gasteiger partial charge in [0.2, 0.25) is 0 Å². The van der Waals surface area contributed by atoms with Gasteiger partial charge in [-0.1, -0.05) is 19.1 Å². The summed E-state index contributed by atoms with van der Waals surface area (Å²) < 4.78 is 11.2. The van der Waals surface area contributed by atoms with Crippen molar-refractivity contribution in [2.24, 2.45) is 0 Å². The van der Waals surface area contributed by atoms with Crippen LogP contribution < -0.4 is 14.8 Å². The van der Waals surface area contributed by atoms with Crippen molar-refractivity contribution >= 4 is 0 Å². The molecular weight excluding hydrogens is 264 g/mol. The van der Waals surface area contributed by atoms with E-state index < -0.39 is 0 Å². The average Bonchev–Trinajstić information content (AvgIpc) is 2.51. The summed E-state index contributed by atoms with van der Waals surface area (Å²) in [7, 11) is 1.66. The maximum absolute atomic E-state index is 5.94. The van der Waals surface area contributed by atoms with Crippen molar-refractivity contribution in [2.75, 3.05) is 13.7 Å². The van der Waals surface area contributed by atoms with Gasteiger partial charge in [-0.05, 0) is 31.7 Å². The fourth-order valence-electron chi connectivity index (χ4n) is 2.03. The average molecular weight is 286 g/mol. The van der Waals surface area contributed by atoms with Crippen molar-refractivity contribution in [2.45, 2.75) is 27.0 Å². The lowest BCUT2D eigenvalue weighted by molar-refractivity contribution is 0.295. The van der Waals surface area contributed by atoms with E-state index in [1.165, 1.54) is 0 Å². The maximum atomic E-state index is 5.94. The number of ether oxygens (including phenoxy) is 2. The summed E-state index contributed by atoms with van der Waals surface area (Å²) in [6.07, 6.45) is 0. The number of benzene rings is 1. The minimum Gasteiger partial charge on any atom is -0.497 e. The van der Waals surface area contributed by atoms with Crippen molar-refractivity contribution in [3.05, 3.63) is 53.3 Å². The monoisotopic (exact) mass is 286 g/mol. The van der Waals surface area contributed by atoms with Crippen LogP contribution in [0.5, 0.6) is 11.5 Å². The van der Waals surface area contributed by atoms with Gasteiger partial charge in [-0.25, -0.2) is 0 Å². The van der Waals surface area contributed by atoms with Crippen molar-refractivity contribution in [3.63, 3.8) is 0 Å². The van der Waals surface area contributed by atoms with Crippen molar-refractivity contribution < 1.29 is 9.47 Å². The SMILES string of the molecule is CCNCc1ccc(OC)cc1OCc1cccc(C)n1. The number of methoxy groups -OCH3 is 1. The highest BCUT2D eigenvalue weighted by molar-refractivity contribution is 5.40. The molecule has 0 aliphatic rings. The van der Waals surface area contributed by atoms with E-state index in [-0.39, 0.29) is 0 Å². The third-order valence-corrected chi connectivity index (χ3v) is 3.16. The zero-order valence-corrected chi connectivity index (χ0v) is 12.8. The van der Waals surface area contributed by atoms with E-state index in [4.69, 9.17) is 9.47 Å². The van der Waals surface area contributed by atoms with Gasteiger partial charge in [-0.15, -0.1) is 0 Å². The van der Waals surface area contributed by atoms with Crippen molar-refractivity contribution in [1.82, 2.24) is 10.3 Å². The van der Waals surface area contributed by atoms with Gasteiger partial charge >= 0.3 is 0 Å². The van der Waals surface area contributed by atoms with Gasteiger partial charge in [0.15, 0.2) is 0 Å². The van der Waals surface area contributed by atoms with E-state index in [9.17, 15) is 0 Å². The summed E-state index contributed by atoms with van der Waals surface area (Å²) in [5.41, 5.74) is 3.03. The molecule has 0 amide bonds. The Morgan fingerprint density at radius 2 is 2.05 bits per heavy atom. The number of nitrogens with zero attached hydrogens (tertiary/aromatic N) is 1. The van der Waals surface area contributed by atoms with E-state index >= 15 is 0 Å². The lowest BCUT2D eigenvalue weighted by Crippen LogP contribution is -2.13. The molecule has 112 valence electrons. The third kappa shape index (κ3) is 4.46. The topological polar surface area (TPSA) is 43.4 Å². The van der Waals surface area contributed by atoms with Crippen molar-refractivity contribution in [3.8, 4) is 11.5 Å². The summed E-state index contributed by atoms with van der Waals surface area (Å²) in [5.74, 6) is 1.63. The van der Waals surface area contributed by atoms with E-state index in [0.29, 0.717) is 6.61 Å². The molecule has 0 radical (unpaired) electrons. The van der Waals surface area contributed by atoms with E-state index in [1.54, 1.807) is 7.11 Å². The van der Waals surface area contributed by atoms with E-state index in [1.807, 2.05) is 43.3 Å². The fourth-order valence-corrected chi connectivity index (χ4v) is 2.03. The first-order valence-electron chi connectivity index (χ1n) is 7.16. The van der Waals surface area contributed by atoms with E-state index in [0.717, 1.165) is 41.5 Å². The number of nitrogens with one attached hydrogen (secondary N) is 1. The second-order valence-corrected chi connectivity index (χ2v) is 4.81. The lowest BCUT2D eigenvalue weighted by Gasteiger charge is -2.13. The Bertz CT molecular complexity index is 585. The Morgan fingerprint density at radius 3 is 2.76 bits per heavy atom. The largest absolute Gasteiger partial charge is 0.497 e. The van der Waals surface area contributed by atoms with Crippen LogP contribution in [0.2, 0.25) is 0 Å². The lowest BCUT2D eigenvalue weighted by atomic mass is 10.2. The van der Waals surface area contributed by atoms with Crippen LogP contribution >= 0.6 is 0 Å². The Hall–Kier alpha value is -2.07. The highest BCUT2D eigenvalue weighted by Gasteiger charge is 2.06. The van der Waals surface area contributed by atoms with Gasteiger partial charge in [-0.3, -0.25) is 4.98 Å². The number of hydrogen-bond donors (Lipinski definition) is 1. The molecule has 0 fully saturated rings. The first-order chi connectivity index (χ1) is 10.2. The summed E-state index contributed by atoms with van der Waals surface area (Å²) in [6.45, 7) is 6.21. The number of pyridine rings is 1. The molecule has 0 unspecified atom stereocenters. The Labute approximate surface area is 126 Å². The van der Waals surface area contributed by atoms with Gasteiger partial charge in [0.1, 0.15) is 18.1 Å². The van der Waals surface area contributed by atoms with Gasteiger partial charge in [0, 0.05) is 23.9 Å². The number of rotatable bonds is 7. The second-order valence-electron chi connectivity index (χ2n) is 4.81. The second kappa shape index (κ2) is 7.64. The summed E-state index contributed by atoms with van der Waals surface area (Å²) in [6, 6.07) is 11.8. The molecular formula is C17H22N2O2. The van der Waals surface area contributed by atoms with Gasteiger partial charge in [0.25, 0.3) is 0 Å². The molecule has 0 aliphatic carbocycles. The summed E-state index contributed by atoms with van der Waals surface area (Å²) in [5, 5.41) is 3.31. The number of hydrogen-bond acceptors (Lipinski definition) is 4. The van der Waals surface area contributed by atoms with Crippen LogP contribution in [0.3, 0.4) is 0 Å². The van der Waals surface area contributed by atoms with Crippen LogP contribution in [0.25, 0.3) is 0 Å². The molecule has 0 aliphatic heterocycles. The predicted molar refractivity (Wildman–Crippen MR) is 83.7 cm³/mol. The molecule has 1 N–H and O–H groups in total. The minimum atomic E-state index is 0.452. The molecule has 0 spiro atoms. The predicted octanol–water partition coefficient (Wildman–Crippen LogP) is 3.09. The van der Waals surface area contributed by atoms with Crippen LogP contribution in [0, 0.1) is 6.92 Å². The molecule has 21 heavy (non-hydrogen) atoms. The molecule has 0 atom stereocenters. The van der Waals surface area contributed by atoms with Gasteiger partial charge in [-0.2, -0.15) is 0 Å². The Kier molecular flexibility index (Phi) is 5.58. The molecule has 1 heterocycles. The number of aryl methyl sites for hydroxylation is 1. The van der Waals surface area contributed by atoms with Gasteiger partial charge < -0.3 is 14.8 Å². The molecule has 2 aromatic rings. The normalized spacial score (nSPS) is 10.4. The zero-order valence-electron chi connectivity index (χ0n) is 12.8. The molecule has 1 aromatic heterocycles. The maximum Gasteiger partial charge on any atom is 0.130 e. The Balaban J connectivity index is 2.12. The molecule has 4 nitrogen and oxygen atoms in total. The highest BCUT2D eigenvalue weighted by Crippen LogP contribution is 2.25. The summed E-state index contributed by atoms with van der Waals surface area (Å²) in [4.78, 5) is 4.45. The summed E-state index contributed by atoms with van der Waals surface area (Å²) >= 11 is 0. The smallest absolute Gasteiger partial charge is 0.130 e. The molecule has 1 aromatic carbocycles. The van der Waals surface area contributed by atoms with Crippen LogP contribution in [0.15, 0.2) is 36.4 Å². The fraction of sp³-hybridized carbons (Fsp3) is 0.353. The van der Waals surface area contributed by atoms with Crippen LogP contribution in [-0.2, 0) is 13.2 Å². The number of aromatic nitrogens is 1. The first-order valence-corrected chi connectivity index (χ1v) is 7.16. The zero-order chi connectivity index (χ0) is 15.1. The molecule has 0 saturated carbocycles. The first kappa shape index (κ1) is 15.3. The van der Waals surface area contributed by atoms with Gasteiger partial charge in [0.05, 0.1) is 12.8 Å². The van der Waals surface area contributed by atoms with E-state index in [2.05, 4.69) is 17.2 Å². The quantitative estimate of drug-likeness (QED) is 0.849. The highest BCUT2D eigenvalue weighted by atomic mass is 16.5. The van der Waals surface area contributed by atoms with Crippen LogP contribution in [-0.4, -0.2) is 18.6 Å². The molecule has 4 heteroatoms. The standard InChI is InChI=1S/C17H22N2O2/c1-4-18-11-14-8-9-16(20-3)10-17(14)21-12-15-7-5-6-13(2)19-15/h5-10,18H,4,11-12H2,1-3H3. The minimum absolute atomic E-state index is 0.452. The molecule has 0 bridgehead atoms. The van der Waals surface area contributed by atoms with Crippen LogP contribution in [0.4, 0.5) is 0 Å². The molecule has 2 rings (SSSR count). The van der Waals surface area contributed by atoms with Crippen LogP contribution in [0.1, 0.15) is 23.9 Å². The van der Waals surface area contributed by atoms with Crippen molar-refractivity contribution in [1.29, 1.82) is 0 Å². The Morgan fingerprint density at radius 1 is 1.19 bits per heavy atom. The molecule has 0 saturated heterocycles. The third-order valence-electron chi connectivity index (χ3n) is 3.16.